The zero-order chi connectivity index (χ0) is 38.0. The Hall–Kier alpha value is -7.79. The molecule has 0 unspecified atom stereocenters. The largest absolute Gasteiger partial charge is 0.324 e. The Labute approximate surface area is 323 Å². The van der Waals surface area contributed by atoms with Gasteiger partial charge >= 0.3 is 0 Å². The van der Waals surface area contributed by atoms with E-state index in [4.69, 9.17) is 30.0 Å². The molecule has 0 aliphatic carbocycles. The molecule has 0 saturated carbocycles. The molecule has 3 N–H and O–H groups in total. The fraction of sp³-hybridized carbons (Fsp3) is 0.0444. The Kier molecular flexibility index (Phi) is 8.84. The standard InChI is InChI=1S/C45H34N10O/c1-28-3-9-31(10-4-28)34-15-21-37(22-16-34)46-40-49-43-50-41(47-38-23-17-35(18-24-38)32-11-5-29(2)6-12-32)52-45-54-42(53-44(51-40)55(43)45)48-39-25-19-36(20-26-39)33-13-7-30(27-56)8-14-33/h3-27H,1-2H3,(H3,46,47,48,49,50,51,52,53,54). The van der Waals surface area contributed by atoms with Crippen LogP contribution in [0.5, 0.6) is 0 Å². The molecule has 3 heterocycles. The first kappa shape index (κ1) is 34.0. The van der Waals surface area contributed by atoms with Crippen LogP contribution in [0.15, 0.2) is 176 Å². The third kappa shape index (κ3) is 7.24. The van der Waals surface area contributed by atoms with Crippen molar-refractivity contribution < 1.29 is 4.79 Å². The van der Waals surface area contributed by atoms with Gasteiger partial charge in [0.2, 0.25) is 35.8 Å². The maximum atomic E-state index is 11.1. The van der Waals surface area contributed by atoms with E-state index in [1.807, 2.05) is 60.7 Å². The van der Waals surface area contributed by atoms with E-state index in [0.29, 0.717) is 41.3 Å². The van der Waals surface area contributed by atoms with Crippen LogP contribution < -0.4 is 16.0 Å². The fourth-order valence-electron chi connectivity index (χ4n) is 6.33. The van der Waals surface area contributed by atoms with Gasteiger partial charge in [0, 0.05) is 22.6 Å². The molecule has 11 heteroatoms. The second-order valence-electron chi connectivity index (χ2n) is 13.5. The molecular formula is C45H34N10O. The number of aryl methyl sites for hydroxylation is 2. The number of nitrogens with zero attached hydrogens (tertiary/aromatic N) is 7. The molecule has 9 rings (SSSR count). The number of carbonyl (C=O) groups excluding carboxylic acids is 1. The maximum Gasteiger partial charge on any atom is 0.246 e. The van der Waals surface area contributed by atoms with Crippen LogP contribution in [0.25, 0.3) is 33.4 Å². The molecule has 0 bridgehead atoms. The number of hydrogen-bond acceptors (Lipinski definition) is 11. The lowest BCUT2D eigenvalue weighted by molar-refractivity contribution is 0.112. The quantitative estimate of drug-likeness (QED) is 0.141. The molecule has 0 saturated heterocycles. The number of carbonyl (C=O) groups is 1. The summed E-state index contributed by atoms with van der Waals surface area (Å²) in [6.07, 6.45) is 0.837. The molecule has 3 aliphatic heterocycles. The highest BCUT2D eigenvalue weighted by molar-refractivity contribution is 6.32. The molecule has 0 spiro atoms. The Morgan fingerprint density at radius 1 is 0.375 bits per heavy atom. The second-order valence-corrected chi connectivity index (χ2v) is 13.5. The predicted molar refractivity (Wildman–Crippen MR) is 228 cm³/mol. The van der Waals surface area contributed by atoms with E-state index >= 15 is 0 Å². The zero-order valence-electron chi connectivity index (χ0n) is 30.5. The van der Waals surface area contributed by atoms with E-state index in [1.54, 1.807) is 17.0 Å². The summed E-state index contributed by atoms with van der Waals surface area (Å²) in [5.41, 5.74) is 11.9. The molecule has 3 aliphatic rings. The number of aliphatic imine (C=N–C) groups is 6. The van der Waals surface area contributed by atoms with Crippen LogP contribution in [0.3, 0.4) is 0 Å². The van der Waals surface area contributed by atoms with Gasteiger partial charge in [-0.15, -0.1) is 0 Å². The van der Waals surface area contributed by atoms with Crippen molar-refractivity contribution >= 4 is 59.1 Å². The van der Waals surface area contributed by atoms with Crippen molar-refractivity contribution in [3.63, 3.8) is 0 Å². The molecule has 0 fully saturated rings. The van der Waals surface area contributed by atoms with Crippen molar-refractivity contribution in [2.75, 3.05) is 16.0 Å². The highest BCUT2D eigenvalue weighted by atomic mass is 16.1. The van der Waals surface area contributed by atoms with Crippen LogP contribution in [-0.2, 0) is 0 Å². The van der Waals surface area contributed by atoms with Crippen LogP contribution in [0, 0.1) is 13.8 Å². The van der Waals surface area contributed by atoms with Crippen molar-refractivity contribution in [1.29, 1.82) is 0 Å². The number of benzene rings is 6. The topological polar surface area (TPSA) is 131 Å². The van der Waals surface area contributed by atoms with Gasteiger partial charge in [-0.2, -0.15) is 30.0 Å². The molecule has 6 aromatic carbocycles. The van der Waals surface area contributed by atoms with Crippen LogP contribution >= 0.6 is 0 Å². The maximum absolute atomic E-state index is 11.1. The molecule has 6 aromatic rings. The first-order valence-corrected chi connectivity index (χ1v) is 18.1. The van der Waals surface area contributed by atoms with Gasteiger partial charge in [-0.25, -0.2) is 4.90 Å². The van der Waals surface area contributed by atoms with Gasteiger partial charge in [-0.05, 0) is 83.6 Å². The molecule has 56 heavy (non-hydrogen) atoms. The zero-order valence-corrected chi connectivity index (χ0v) is 30.5. The van der Waals surface area contributed by atoms with Crippen molar-refractivity contribution in [1.82, 2.24) is 4.90 Å². The lowest BCUT2D eigenvalue weighted by Crippen LogP contribution is -2.49. The molecule has 0 radical (unpaired) electrons. The van der Waals surface area contributed by atoms with E-state index in [9.17, 15) is 4.79 Å². The van der Waals surface area contributed by atoms with Crippen molar-refractivity contribution in [3.05, 3.63) is 162 Å². The van der Waals surface area contributed by atoms with Gasteiger partial charge < -0.3 is 16.0 Å². The first-order valence-electron chi connectivity index (χ1n) is 18.1. The van der Waals surface area contributed by atoms with E-state index in [0.717, 1.165) is 56.7 Å². The Balaban J connectivity index is 1.00. The number of aldehydes is 1. The number of hydrogen-bond donors (Lipinski definition) is 3. The highest BCUT2D eigenvalue weighted by Gasteiger charge is 2.35. The van der Waals surface area contributed by atoms with Crippen molar-refractivity contribution in [3.8, 4) is 33.4 Å². The summed E-state index contributed by atoms with van der Waals surface area (Å²) in [5.74, 6) is 1.86. The van der Waals surface area contributed by atoms with E-state index in [2.05, 4.69) is 103 Å². The summed E-state index contributed by atoms with van der Waals surface area (Å²) in [4.78, 5) is 41.3. The van der Waals surface area contributed by atoms with Crippen LogP contribution in [0.2, 0.25) is 0 Å². The van der Waals surface area contributed by atoms with Gasteiger partial charge in [0.15, 0.2) is 0 Å². The molecule has 0 amide bonds. The van der Waals surface area contributed by atoms with Crippen molar-refractivity contribution in [2.24, 2.45) is 30.0 Å². The lowest BCUT2D eigenvalue weighted by atomic mass is 10.0. The Morgan fingerprint density at radius 2 is 0.643 bits per heavy atom. The van der Waals surface area contributed by atoms with Crippen molar-refractivity contribution in [2.45, 2.75) is 13.8 Å². The van der Waals surface area contributed by atoms with E-state index in [1.165, 1.54) is 11.1 Å². The van der Waals surface area contributed by atoms with Crippen LogP contribution in [-0.4, -0.2) is 46.9 Å². The molecular weight excluding hydrogens is 697 g/mol. The molecule has 0 atom stereocenters. The van der Waals surface area contributed by atoms with Crippen LogP contribution in [0.4, 0.5) is 17.1 Å². The monoisotopic (exact) mass is 730 g/mol. The van der Waals surface area contributed by atoms with Gasteiger partial charge in [0.05, 0.1) is 0 Å². The average molecular weight is 731 g/mol. The predicted octanol–water partition coefficient (Wildman–Crippen LogP) is 9.23. The summed E-state index contributed by atoms with van der Waals surface area (Å²) in [7, 11) is 0. The summed E-state index contributed by atoms with van der Waals surface area (Å²) < 4.78 is 0. The average Bonchev–Trinajstić information content (AvgIpc) is 3.22. The van der Waals surface area contributed by atoms with E-state index < -0.39 is 0 Å². The smallest absolute Gasteiger partial charge is 0.246 e. The fourth-order valence-corrected chi connectivity index (χ4v) is 6.33. The molecule has 270 valence electrons. The number of rotatable bonds is 7. The molecule has 0 aromatic heterocycles. The SMILES string of the molecule is Cc1ccc(-c2ccc(NC3=NC4=NC(Nc5ccc(-c6ccc(C)cc6)cc5)=NC5=NC(Nc6ccc(-c7ccc(C=O)cc7)cc6)=NC(=N3)N45)cc2)cc1. The van der Waals surface area contributed by atoms with Gasteiger partial charge in [0.1, 0.15) is 6.29 Å². The molecule has 11 nitrogen and oxygen atoms in total. The third-order valence-electron chi connectivity index (χ3n) is 9.41. The van der Waals surface area contributed by atoms with E-state index in [-0.39, 0.29) is 0 Å². The summed E-state index contributed by atoms with van der Waals surface area (Å²) in [5, 5.41) is 9.98. The summed E-state index contributed by atoms with van der Waals surface area (Å²) in [6.45, 7) is 4.16. The minimum Gasteiger partial charge on any atom is -0.324 e. The number of anilines is 3. The second kappa shape index (κ2) is 14.6. The lowest BCUT2D eigenvalue weighted by Gasteiger charge is -2.30. The highest BCUT2D eigenvalue weighted by Crippen LogP contribution is 2.26. The minimum absolute atomic E-state index is 0.300. The summed E-state index contributed by atoms with van der Waals surface area (Å²) >= 11 is 0. The van der Waals surface area contributed by atoms with Gasteiger partial charge in [-0.3, -0.25) is 4.79 Å². The first-order chi connectivity index (χ1) is 27.4. The minimum atomic E-state index is 0.300. The Morgan fingerprint density at radius 3 is 0.929 bits per heavy atom. The Bertz CT molecular complexity index is 2550. The van der Waals surface area contributed by atoms with Crippen LogP contribution in [0.1, 0.15) is 21.5 Å². The third-order valence-corrected chi connectivity index (χ3v) is 9.41. The van der Waals surface area contributed by atoms with Gasteiger partial charge in [-0.1, -0.05) is 120 Å². The number of nitrogens with one attached hydrogen (secondary N) is 3. The van der Waals surface area contributed by atoms with Gasteiger partial charge in [0.25, 0.3) is 0 Å². The normalized spacial score (nSPS) is 14.2. The summed E-state index contributed by atoms with van der Waals surface area (Å²) in [6, 6.07) is 48.4. The number of guanidine groups is 6.